The molecule has 2 rings (SSSR count). The van der Waals surface area contributed by atoms with E-state index in [1.165, 1.54) is 12.1 Å². The van der Waals surface area contributed by atoms with Crippen molar-refractivity contribution >= 4 is 21.4 Å². The lowest BCUT2D eigenvalue weighted by molar-refractivity contribution is 0.432. The van der Waals surface area contributed by atoms with Crippen molar-refractivity contribution in [1.82, 2.24) is 5.32 Å². The molecule has 8 heteroatoms. The van der Waals surface area contributed by atoms with Gasteiger partial charge in [0.15, 0.2) is 21.4 Å². The van der Waals surface area contributed by atoms with E-state index in [-0.39, 0.29) is 28.8 Å². The number of hydrogen-bond acceptors (Lipinski definition) is 4. The highest BCUT2D eigenvalue weighted by Crippen LogP contribution is 2.33. The summed E-state index contributed by atoms with van der Waals surface area (Å²) in [5.41, 5.74) is 0.369. The van der Waals surface area contributed by atoms with Crippen LogP contribution in [-0.4, -0.2) is 21.2 Å². The summed E-state index contributed by atoms with van der Waals surface area (Å²) in [4.78, 5) is -0.449. The quantitative estimate of drug-likeness (QED) is 0.693. The Hall–Kier alpha value is -1.70. The van der Waals surface area contributed by atoms with Gasteiger partial charge in [0, 0.05) is 23.2 Å². The summed E-state index contributed by atoms with van der Waals surface area (Å²) in [6.45, 7) is 2.07. The summed E-state index contributed by atoms with van der Waals surface area (Å²) in [6.07, 6.45) is 1.08. The minimum atomic E-state index is -3.81. The summed E-state index contributed by atoms with van der Waals surface area (Å²) in [5.74, 6) is -1.78. The zero-order valence-corrected chi connectivity index (χ0v) is 16.1. The average molecular weight is 404 g/mol. The third kappa shape index (κ3) is 4.93. The van der Waals surface area contributed by atoms with Gasteiger partial charge in [0.2, 0.25) is 0 Å². The van der Waals surface area contributed by atoms with Gasteiger partial charge in [0.05, 0.1) is 5.75 Å². The number of benzene rings is 2. The second-order valence-corrected chi connectivity index (χ2v) is 8.28. The highest BCUT2D eigenvalue weighted by molar-refractivity contribution is 7.91. The van der Waals surface area contributed by atoms with Gasteiger partial charge in [-0.25, -0.2) is 17.2 Å². The smallest absolute Gasteiger partial charge is 0.181 e. The molecule has 142 valence electrons. The van der Waals surface area contributed by atoms with Crippen LogP contribution in [0.25, 0.3) is 0 Å². The third-order valence-corrected chi connectivity index (χ3v) is 5.74. The second kappa shape index (κ2) is 8.79. The minimum Gasteiger partial charge on any atom is -0.454 e. The molecule has 0 bridgehead atoms. The average Bonchev–Trinajstić information content (AvgIpc) is 2.57. The van der Waals surface area contributed by atoms with Gasteiger partial charge < -0.3 is 10.1 Å². The van der Waals surface area contributed by atoms with Gasteiger partial charge in [-0.15, -0.1) is 0 Å². The molecule has 2 aromatic carbocycles. The molecule has 0 saturated carbocycles. The van der Waals surface area contributed by atoms with Crippen molar-refractivity contribution in [2.45, 2.75) is 31.2 Å². The van der Waals surface area contributed by atoms with Gasteiger partial charge in [0.1, 0.15) is 16.5 Å². The van der Waals surface area contributed by atoms with E-state index in [2.05, 4.69) is 5.32 Å². The van der Waals surface area contributed by atoms with Crippen LogP contribution in [-0.2, 0) is 16.4 Å². The maximum absolute atomic E-state index is 14.4. The van der Waals surface area contributed by atoms with Crippen molar-refractivity contribution < 1.29 is 21.9 Å². The molecule has 0 aliphatic rings. The van der Waals surface area contributed by atoms with Crippen LogP contribution in [0.1, 0.15) is 25.3 Å². The predicted molar refractivity (Wildman–Crippen MR) is 97.6 cm³/mol. The van der Waals surface area contributed by atoms with E-state index in [0.717, 1.165) is 18.2 Å². The zero-order valence-electron chi connectivity index (χ0n) is 14.5. The maximum atomic E-state index is 14.4. The van der Waals surface area contributed by atoms with Gasteiger partial charge in [0.25, 0.3) is 0 Å². The third-order valence-electron chi connectivity index (χ3n) is 3.70. The van der Waals surface area contributed by atoms with E-state index < -0.39 is 26.4 Å². The van der Waals surface area contributed by atoms with Crippen molar-refractivity contribution in [2.75, 3.05) is 12.8 Å². The van der Waals surface area contributed by atoms with Gasteiger partial charge in [-0.3, -0.25) is 0 Å². The molecule has 26 heavy (non-hydrogen) atoms. The van der Waals surface area contributed by atoms with Crippen molar-refractivity contribution in [1.29, 1.82) is 0 Å². The Morgan fingerprint density at radius 3 is 2.46 bits per heavy atom. The predicted octanol–water partition coefficient (Wildman–Crippen LogP) is 4.70. The first-order valence-corrected chi connectivity index (χ1v) is 10.1. The van der Waals surface area contributed by atoms with E-state index in [0.29, 0.717) is 18.4 Å². The van der Waals surface area contributed by atoms with Crippen LogP contribution in [0, 0.1) is 11.6 Å². The normalized spacial score (nSPS) is 11.6. The van der Waals surface area contributed by atoms with Gasteiger partial charge in [-0.1, -0.05) is 24.9 Å². The SMILES string of the molecule is CCCCS(=O)(=O)c1cc(Oc2ccc(Cl)cc2F)c(CNC)cc1F. The zero-order chi connectivity index (χ0) is 19.3. The molecule has 0 unspecified atom stereocenters. The van der Waals surface area contributed by atoms with Gasteiger partial charge in [-0.05, 0) is 37.7 Å². The van der Waals surface area contributed by atoms with Crippen LogP contribution in [0.3, 0.4) is 0 Å². The standard InChI is InChI=1S/C18H20ClF2NO3S/c1-3-4-7-26(23,24)18-10-17(12(11-22-2)8-15(18)21)25-16-6-5-13(19)9-14(16)20/h5-6,8-10,22H,3-4,7,11H2,1-2H3. The first kappa shape index (κ1) is 20.6. The summed E-state index contributed by atoms with van der Waals surface area (Å²) >= 11 is 5.72. The van der Waals surface area contributed by atoms with Gasteiger partial charge in [-0.2, -0.15) is 0 Å². The summed E-state index contributed by atoms with van der Waals surface area (Å²) in [6, 6.07) is 6.06. The molecule has 0 aliphatic heterocycles. The van der Waals surface area contributed by atoms with E-state index >= 15 is 0 Å². The Morgan fingerprint density at radius 1 is 1.12 bits per heavy atom. The molecular formula is C18H20ClF2NO3S. The number of hydrogen-bond donors (Lipinski definition) is 1. The molecule has 0 atom stereocenters. The molecule has 0 spiro atoms. The van der Waals surface area contributed by atoms with Crippen molar-refractivity contribution in [3.8, 4) is 11.5 Å². The number of sulfone groups is 1. The number of halogens is 3. The second-order valence-electron chi connectivity index (χ2n) is 5.77. The molecule has 0 saturated heterocycles. The van der Waals surface area contributed by atoms with Crippen LogP contribution in [0.2, 0.25) is 5.02 Å². The van der Waals surface area contributed by atoms with Crippen molar-refractivity contribution in [2.24, 2.45) is 0 Å². The monoisotopic (exact) mass is 403 g/mol. The number of nitrogens with one attached hydrogen (secondary N) is 1. The molecule has 1 N–H and O–H groups in total. The lowest BCUT2D eigenvalue weighted by atomic mass is 10.2. The number of rotatable bonds is 8. The summed E-state index contributed by atoms with van der Waals surface area (Å²) in [5, 5.41) is 3.04. The fourth-order valence-corrected chi connectivity index (χ4v) is 4.05. The Bertz CT molecular complexity index is 888. The molecule has 4 nitrogen and oxygen atoms in total. The fourth-order valence-electron chi connectivity index (χ4n) is 2.36. The van der Waals surface area contributed by atoms with Crippen LogP contribution < -0.4 is 10.1 Å². The molecule has 0 amide bonds. The van der Waals surface area contributed by atoms with Crippen LogP contribution in [0.15, 0.2) is 35.2 Å². The Labute approximate surface area is 157 Å². The fraction of sp³-hybridized carbons (Fsp3) is 0.333. The van der Waals surface area contributed by atoms with Gasteiger partial charge >= 0.3 is 0 Å². The highest BCUT2D eigenvalue weighted by Gasteiger charge is 2.22. The molecule has 2 aromatic rings. The summed E-state index contributed by atoms with van der Waals surface area (Å²) in [7, 11) is -2.16. The molecule has 0 radical (unpaired) electrons. The van der Waals surface area contributed by atoms with Crippen molar-refractivity contribution in [3.63, 3.8) is 0 Å². The lowest BCUT2D eigenvalue weighted by Crippen LogP contribution is -2.12. The number of unbranched alkanes of at least 4 members (excludes halogenated alkanes) is 1. The topological polar surface area (TPSA) is 55.4 Å². The first-order chi connectivity index (χ1) is 12.3. The lowest BCUT2D eigenvalue weighted by Gasteiger charge is -2.15. The maximum Gasteiger partial charge on any atom is 0.181 e. The summed E-state index contributed by atoms with van der Waals surface area (Å²) < 4.78 is 58.7. The largest absolute Gasteiger partial charge is 0.454 e. The molecular weight excluding hydrogens is 384 g/mol. The first-order valence-electron chi connectivity index (χ1n) is 8.11. The number of ether oxygens (including phenoxy) is 1. The Balaban J connectivity index is 2.50. The van der Waals surface area contributed by atoms with E-state index in [4.69, 9.17) is 16.3 Å². The van der Waals surface area contributed by atoms with Crippen LogP contribution in [0.5, 0.6) is 11.5 Å². The highest BCUT2D eigenvalue weighted by atomic mass is 35.5. The molecule has 0 aromatic heterocycles. The molecule has 0 heterocycles. The minimum absolute atomic E-state index is 0.0667. The Morgan fingerprint density at radius 2 is 1.85 bits per heavy atom. The molecule has 0 aliphatic carbocycles. The van der Waals surface area contributed by atoms with E-state index in [9.17, 15) is 17.2 Å². The van der Waals surface area contributed by atoms with Crippen molar-refractivity contribution in [3.05, 3.63) is 52.6 Å². The van der Waals surface area contributed by atoms with E-state index in [1.807, 2.05) is 6.92 Å². The Kier molecular flexibility index (Phi) is 6.97. The van der Waals surface area contributed by atoms with Crippen LogP contribution >= 0.6 is 11.6 Å². The van der Waals surface area contributed by atoms with Crippen LogP contribution in [0.4, 0.5) is 8.78 Å². The van der Waals surface area contributed by atoms with E-state index in [1.54, 1.807) is 7.05 Å². The molecule has 0 fully saturated rings.